The van der Waals surface area contributed by atoms with Crippen molar-refractivity contribution in [2.45, 2.75) is 73.5 Å². The molecule has 0 spiro atoms. The number of carbonyl (C=O) groups is 5. The molecule has 3 saturated heterocycles. The largest absolute Gasteiger partial charge is 0.444 e. The number of nitrogens with zero attached hydrogens (tertiary/aromatic N) is 5. The summed E-state index contributed by atoms with van der Waals surface area (Å²) in [6.45, 7) is 30.0. The van der Waals surface area contributed by atoms with E-state index in [-0.39, 0.29) is 29.6 Å². The Hall–Kier alpha value is -5.02. The van der Waals surface area contributed by atoms with E-state index >= 15 is 0 Å². The maximum Gasteiger partial charge on any atom is 0.410 e. The first-order chi connectivity index (χ1) is 30.4. The summed E-state index contributed by atoms with van der Waals surface area (Å²) < 4.78 is 10.6. The minimum atomic E-state index is -0.492. The Bertz CT molecular complexity index is 1780. The van der Waals surface area contributed by atoms with E-state index in [1.165, 1.54) is 19.6 Å². The summed E-state index contributed by atoms with van der Waals surface area (Å²) in [6, 6.07) is 27.4. The Morgan fingerprint density at radius 3 is 1.05 bits per heavy atom. The van der Waals surface area contributed by atoms with Crippen LogP contribution in [0.5, 0.6) is 0 Å². The van der Waals surface area contributed by atoms with Crippen LogP contribution in [-0.4, -0.2) is 163 Å². The smallest absolute Gasteiger partial charge is 0.410 e. The topological polar surface area (TPSA) is 144 Å². The normalized spacial score (nSPS) is 15.0. The van der Waals surface area contributed by atoms with Crippen LogP contribution in [0.2, 0.25) is 0 Å². The highest BCUT2D eigenvalue weighted by atomic mass is 35.5. The van der Waals surface area contributed by atoms with Crippen LogP contribution in [0.25, 0.3) is 0 Å². The Labute approximate surface area is 387 Å². The number of carbonyl (C=O) groups excluding carboxylic acids is 5. The molecule has 3 aliphatic rings. The average molecular weight is 909 g/mol. The highest BCUT2D eigenvalue weighted by molar-refractivity contribution is 6.67. The van der Waals surface area contributed by atoms with Crippen molar-refractivity contribution in [3.8, 4) is 0 Å². The summed E-state index contributed by atoms with van der Waals surface area (Å²) in [5.74, 6) is 0.159. The molecule has 3 fully saturated rings. The van der Waals surface area contributed by atoms with Gasteiger partial charge in [-0.05, 0) is 97.0 Å². The molecule has 4 amide bonds. The maximum atomic E-state index is 12.3. The van der Waals surface area contributed by atoms with Crippen LogP contribution in [0.3, 0.4) is 0 Å². The molecular weight excluding hydrogens is 834 g/mol. The molecule has 14 nitrogen and oxygen atoms in total. The Kier molecular flexibility index (Phi) is 25.3. The monoisotopic (exact) mass is 908 g/mol. The van der Waals surface area contributed by atoms with Crippen molar-refractivity contribution in [1.29, 1.82) is 0 Å². The van der Waals surface area contributed by atoms with Gasteiger partial charge >= 0.3 is 12.2 Å². The number of piperazine rings is 3. The number of ether oxygens (including phenoxy) is 2. The minimum absolute atomic E-state index is 0.0134. The number of hydrogen-bond acceptors (Lipinski definition) is 10. The van der Waals surface area contributed by atoms with E-state index in [4.69, 9.17) is 21.1 Å². The SMILES string of the molecule is CC(C)(C)OC(=O)N1CCN(C(=O)c2ccccc2)CC1.CC(C)(C)OC(=O)N1CCNCC1.CCN(CC)CC.O=C(Cl)c1ccccc1.O=C(c1ccccc1)N1CCNCC1. The van der Waals surface area contributed by atoms with Gasteiger partial charge in [0.05, 0.1) is 0 Å². The van der Waals surface area contributed by atoms with Gasteiger partial charge in [-0.2, -0.15) is 0 Å². The van der Waals surface area contributed by atoms with Crippen molar-refractivity contribution < 1.29 is 33.4 Å². The first-order valence-corrected chi connectivity index (χ1v) is 22.8. The van der Waals surface area contributed by atoms with E-state index < -0.39 is 10.8 Å². The van der Waals surface area contributed by atoms with E-state index in [9.17, 15) is 24.0 Å². The van der Waals surface area contributed by atoms with E-state index in [0.717, 1.165) is 57.9 Å². The van der Waals surface area contributed by atoms with Crippen molar-refractivity contribution in [2.75, 3.05) is 98.2 Å². The lowest BCUT2D eigenvalue weighted by molar-refractivity contribution is 0.0140. The van der Waals surface area contributed by atoms with Gasteiger partial charge < -0.3 is 44.6 Å². The lowest BCUT2D eigenvalue weighted by atomic mass is 10.2. The summed E-state index contributed by atoms with van der Waals surface area (Å²) in [7, 11) is 0. The number of rotatable bonds is 6. The zero-order valence-corrected chi connectivity index (χ0v) is 40.5. The Morgan fingerprint density at radius 1 is 0.484 bits per heavy atom. The highest BCUT2D eigenvalue weighted by Gasteiger charge is 2.28. The van der Waals surface area contributed by atoms with Crippen LogP contribution in [0.4, 0.5) is 9.59 Å². The van der Waals surface area contributed by atoms with Crippen LogP contribution in [0, 0.1) is 0 Å². The fraction of sp³-hybridized carbons (Fsp3) is 0.531. The van der Waals surface area contributed by atoms with E-state index in [1.54, 1.807) is 39.0 Å². The van der Waals surface area contributed by atoms with Gasteiger partial charge in [-0.15, -0.1) is 0 Å². The Balaban J connectivity index is 0.000000289. The van der Waals surface area contributed by atoms with Crippen molar-refractivity contribution >= 4 is 40.8 Å². The molecule has 3 aromatic rings. The molecule has 0 radical (unpaired) electrons. The number of hydrogen-bond donors (Lipinski definition) is 2. The van der Waals surface area contributed by atoms with Crippen LogP contribution >= 0.6 is 11.6 Å². The van der Waals surface area contributed by atoms with Gasteiger partial charge in [0.25, 0.3) is 17.1 Å². The van der Waals surface area contributed by atoms with Crippen LogP contribution < -0.4 is 10.6 Å². The molecule has 0 aromatic heterocycles. The molecule has 6 rings (SSSR count). The number of halogens is 1. The predicted molar refractivity (Wildman–Crippen MR) is 256 cm³/mol. The summed E-state index contributed by atoms with van der Waals surface area (Å²) in [4.78, 5) is 67.5. The molecule has 0 bridgehead atoms. The molecule has 3 aliphatic heterocycles. The molecular formula is C49H74ClN7O7. The molecule has 2 N–H and O–H groups in total. The zero-order chi connectivity index (χ0) is 47.5. The van der Waals surface area contributed by atoms with Gasteiger partial charge in [0, 0.05) is 95.2 Å². The summed E-state index contributed by atoms with van der Waals surface area (Å²) in [6.07, 6.45) is -0.511. The van der Waals surface area contributed by atoms with Gasteiger partial charge in [0.1, 0.15) is 11.2 Å². The van der Waals surface area contributed by atoms with Crippen molar-refractivity contribution in [1.82, 2.24) is 35.1 Å². The van der Waals surface area contributed by atoms with E-state index in [2.05, 4.69) is 36.3 Å². The van der Waals surface area contributed by atoms with Crippen LogP contribution in [0.15, 0.2) is 91.0 Å². The second-order valence-electron chi connectivity index (χ2n) is 17.0. The maximum absolute atomic E-state index is 12.3. The molecule has 3 aromatic carbocycles. The van der Waals surface area contributed by atoms with Crippen LogP contribution in [0.1, 0.15) is 93.4 Å². The minimum Gasteiger partial charge on any atom is -0.444 e. The molecule has 354 valence electrons. The van der Waals surface area contributed by atoms with Gasteiger partial charge in [0.2, 0.25) is 0 Å². The van der Waals surface area contributed by atoms with Gasteiger partial charge in [-0.1, -0.05) is 87.5 Å². The van der Waals surface area contributed by atoms with Crippen LogP contribution in [-0.2, 0) is 9.47 Å². The zero-order valence-electron chi connectivity index (χ0n) is 39.7. The molecule has 0 unspecified atom stereocenters. The lowest BCUT2D eigenvalue weighted by Crippen LogP contribution is -2.51. The molecule has 64 heavy (non-hydrogen) atoms. The number of benzene rings is 3. The fourth-order valence-electron chi connectivity index (χ4n) is 6.23. The first-order valence-electron chi connectivity index (χ1n) is 22.4. The quantitative estimate of drug-likeness (QED) is 0.241. The Morgan fingerprint density at radius 2 is 0.766 bits per heavy atom. The van der Waals surface area contributed by atoms with E-state index in [0.29, 0.717) is 37.3 Å². The molecule has 3 heterocycles. The first kappa shape index (κ1) is 55.1. The number of nitrogens with one attached hydrogen (secondary N) is 2. The van der Waals surface area contributed by atoms with Crippen molar-refractivity contribution in [3.05, 3.63) is 108 Å². The lowest BCUT2D eigenvalue weighted by Gasteiger charge is -2.35. The number of amides is 4. The summed E-state index contributed by atoms with van der Waals surface area (Å²) in [5, 5.41) is 6.00. The predicted octanol–water partition coefficient (Wildman–Crippen LogP) is 7.35. The van der Waals surface area contributed by atoms with Gasteiger partial charge in [-0.3, -0.25) is 14.4 Å². The average Bonchev–Trinajstić information content (AvgIpc) is 3.30. The third kappa shape index (κ3) is 22.6. The standard InChI is InChI=1S/C16H22N2O3.C11H14N2O.C9H18N2O2.C7H5ClO.C6H15N/c1-16(2,3)21-15(20)18-11-9-17(10-12-18)14(19)13-7-5-4-6-8-13;14-11(10-4-2-1-3-5-10)13-8-6-12-7-9-13;1-9(2,3)13-8(12)11-6-4-10-5-7-11;8-7(9)6-4-2-1-3-5-6;1-4-7(5-2)6-3/h4-8H,9-12H2,1-3H3;1-5,12H,6-9H2;10H,4-7H2,1-3H3;1-5H;4-6H2,1-3H3. The molecule has 15 heteroatoms. The van der Waals surface area contributed by atoms with E-state index in [1.807, 2.05) is 113 Å². The van der Waals surface area contributed by atoms with Gasteiger partial charge in [0.15, 0.2) is 0 Å². The summed E-state index contributed by atoms with van der Waals surface area (Å²) >= 11 is 5.16. The third-order valence-corrected chi connectivity index (χ3v) is 9.99. The summed E-state index contributed by atoms with van der Waals surface area (Å²) in [5.41, 5.74) is 1.13. The fourth-order valence-corrected chi connectivity index (χ4v) is 6.35. The molecule has 0 aliphatic carbocycles. The third-order valence-electron chi connectivity index (χ3n) is 9.78. The second kappa shape index (κ2) is 29.4. The molecule has 0 saturated carbocycles. The van der Waals surface area contributed by atoms with Gasteiger partial charge in [-0.25, -0.2) is 9.59 Å². The molecule has 0 atom stereocenters. The van der Waals surface area contributed by atoms with Crippen molar-refractivity contribution in [3.63, 3.8) is 0 Å². The second-order valence-corrected chi connectivity index (χ2v) is 17.4. The highest BCUT2D eigenvalue weighted by Crippen LogP contribution is 2.14. The van der Waals surface area contributed by atoms with Crippen molar-refractivity contribution in [2.24, 2.45) is 0 Å².